The first kappa shape index (κ1) is 16.5. The summed E-state index contributed by atoms with van der Waals surface area (Å²) >= 11 is 1.06. The number of halogens is 1. The van der Waals surface area contributed by atoms with Crippen molar-refractivity contribution in [1.29, 1.82) is 0 Å². The van der Waals surface area contributed by atoms with Gasteiger partial charge in [0.1, 0.15) is 11.6 Å². The molecular formula is C20H21FN2OS. The average Bonchev–Trinajstić information content (AvgIpc) is 3.05. The molecule has 0 atom stereocenters. The summed E-state index contributed by atoms with van der Waals surface area (Å²) in [6, 6.07) is 12.7. The molecule has 5 heteroatoms. The first-order valence-corrected chi connectivity index (χ1v) is 9.33. The van der Waals surface area contributed by atoms with Crippen LogP contribution in [-0.4, -0.2) is 30.0 Å². The molecule has 0 radical (unpaired) electrons. The van der Waals surface area contributed by atoms with Gasteiger partial charge >= 0.3 is 0 Å². The lowest BCUT2D eigenvalue weighted by atomic mass is 9.89. The molecule has 130 valence electrons. The van der Waals surface area contributed by atoms with Crippen LogP contribution in [0.25, 0.3) is 10.9 Å². The molecule has 1 aliphatic rings. The summed E-state index contributed by atoms with van der Waals surface area (Å²) in [4.78, 5) is 6.24. The van der Waals surface area contributed by atoms with E-state index in [1.54, 1.807) is 12.1 Å². The van der Waals surface area contributed by atoms with Crippen molar-refractivity contribution in [1.82, 2.24) is 9.88 Å². The van der Waals surface area contributed by atoms with Crippen LogP contribution in [0, 0.1) is 5.82 Å². The van der Waals surface area contributed by atoms with E-state index < -0.39 is 0 Å². The molecule has 0 bridgehead atoms. The van der Waals surface area contributed by atoms with E-state index in [2.05, 4.69) is 29.2 Å². The van der Waals surface area contributed by atoms with Crippen LogP contribution in [0.1, 0.15) is 24.3 Å². The third-order valence-corrected chi connectivity index (χ3v) is 5.69. The minimum absolute atomic E-state index is 0.262. The van der Waals surface area contributed by atoms with Gasteiger partial charge in [-0.25, -0.2) is 4.39 Å². The van der Waals surface area contributed by atoms with Crippen molar-refractivity contribution in [3.8, 4) is 5.75 Å². The second-order valence-electron chi connectivity index (χ2n) is 6.63. The molecule has 25 heavy (non-hydrogen) atoms. The number of benzene rings is 2. The first-order valence-electron chi connectivity index (χ1n) is 8.59. The Bertz CT molecular complexity index is 871. The third kappa shape index (κ3) is 3.53. The quantitative estimate of drug-likeness (QED) is 0.651. The maximum atomic E-state index is 13.7. The van der Waals surface area contributed by atoms with Gasteiger partial charge in [0, 0.05) is 17.1 Å². The van der Waals surface area contributed by atoms with E-state index in [0.717, 1.165) is 36.4 Å². The predicted molar refractivity (Wildman–Crippen MR) is 101 cm³/mol. The lowest BCUT2D eigenvalue weighted by Gasteiger charge is -2.28. The summed E-state index contributed by atoms with van der Waals surface area (Å²) in [7, 11) is 2.18. The Labute approximate surface area is 151 Å². The molecule has 0 spiro atoms. The highest BCUT2D eigenvalue weighted by molar-refractivity contribution is 7.95. The molecule has 1 saturated heterocycles. The minimum Gasteiger partial charge on any atom is -0.421 e. The number of aromatic amines is 1. The Balaban J connectivity index is 1.55. The van der Waals surface area contributed by atoms with Gasteiger partial charge in [0.05, 0.1) is 16.9 Å². The number of rotatable bonds is 4. The van der Waals surface area contributed by atoms with Crippen molar-refractivity contribution in [2.45, 2.75) is 23.7 Å². The normalized spacial score (nSPS) is 16.4. The summed E-state index contributed by atoms with van der Waals surface area (Å²) in [5.74, 6) is 1.07. The van der Waals surface area contributed by atoms with Crippen LogP contribution < -0.4 is 4.18 Å². The van der Waals surface area contributed by atoms with E-state index in [1.807, 2.05) is 18.2 Å². The molecule has 1 fully saturated rings. The van der Waals surface area contributed by atoms with Crippen LogP contribution >= 0.6 is 12.0 Å². The van der Waals surface area contributed by atoms with Gasteiger partial charge in [0.2, 0.25) is 0 Å². The topological polar surface area (TPSA) is 28.3 Å². The number of fused-ring (bicyclic) bond motifs is 1. The van der Waals surface area contributed by atoms with Gasteiger partial charge in [-0.15, -0.1) is 0 Å². The Morgan fingerprint density at radius 1 is 1.16 bits per heavy atom. The largest absolute Gasteiger partial charge is 0.421 e. The van der Waals surface area contributed by atoms with Crippen molar-refractivity contribution < 1.29 is 8.57 Å². The Morgan fingerprint density at radius 3 is 2.76 bits per heavy atom. The Morgan fingerprint density at radius 2 is 1.96 bits per heavy atom. The van der Waals surface area contributed by atoms with Gasteiger partial charge in [0.25, 0.3) is 0 Å². The fourth-order valence-corrected chi connectivity index (χ4v) is 4.01. The molecule has 0 saturated carbocycles. The maximum absolute atomic E-state index is 13.7. The zero-order chi connectivity index (χ0) is 17.2. The molecule has 1 N–H and O–H groups in total. The second kappa shape index (κ2) is 7.10. The molecular weight excluding hydrogens is 335 g/mol. The molecule has 2 aromatic carbocycles. The fourth-order valence-electron chi connectivity index (χ4n) is 3.44. The number of hydrogen-bond acceptors (Lipinski definition) is 3. The average molecular weight is 356 g/mol. The molecule has 2 heterocycles. The summed E-state index contributed by atoms with van der Waals surface area (Å²) in [6.45, 7) is 2.27. The standard InChI is InChI=1S/C20H21FN2OS/c1-23-10-8-14(9-11-23)17-13-22-19-7-6-15(12-16(17)19)24-25-20-5-3-2-4-18(20)21/h2-7,12-14,22H,8-11H2,1H3. The van der Waals surface area contributed by atoms with Crippen molar-refractivity contribution in [3.05, 3.63) is 60.0 Å². The van der Waals surface area contributed by atoms with Crippen LogP contribution in [0.15, 0.2) is 53.6 Å². The third-order valence-electron chi connectivity index (χ3n) is 4.91. The molecule has 4 rings (SSSR count). The number of likely N-dealkylation sites (tertiary alicyclic amines) is 1. The highest BCUT2D eigenvalue weighted by Gasteiger charge is 2.21. The van der Waals surface area contributed by atoms with Crippen LogP contribution in [-0.2, 0) is 0 Å². The molecule has 0 amide bonds. The van der Waals surface area contributed by atoms with Crippen LogP contribution in [0.4, 0.5) is 4.39 Å². The van der Waals surface area contributed by atoms with Crippen LogP contribution in [0.2, 0.25) is 0 Å². The maximum Gasteiger partial charge on any atom is 0.140 e. The van der Waals surface area contributed by atoms with Crippen LogP contribution in [0.5, 0.6) is 5.75 Å². The van der Waals surface area contributed by atoms with E-state index in [9.17, 15) is 4.39 Å². The van der Waals surface area contributed by atoms with E-state index >= 15 is 0 Å². The van der Waals surface area contributed by atoms with Gasteiger partial charge in [-0.1, -0.05) is 12.1 Å². The Kier molecular flexibility index (Phi) is 4.68. The lowest BCUT2D eigenvalue weighted by molar-refractivity contribution is 0.256. The number of hydrogen-bond donors (Lipinski definition) is 1. The van der Waals surface area contributed by atoms with E-state index in [1.165, 1.54) is 29.9 Å². The molecule has 3 nitrogen and oxygen atoms in total. The van der Waals surface area contributed by atoms with Crippen molar-refractivity contribution in [2.75, 3.05) is 20.1 Å². The van der Waals surface area contributed by atoms with Crippen molar-refractivity contribution >= 4 is 22.9 Å². The molecule has 3 aromatic rings. The molecule has 0 unspecified atom stereocenters. The first-order chi connectivity index (χ1) is 12.2. The summed E-state index contributed by atoms with van der Waals surface area (Å²) in [6.07, 6.45) is 4.49. The molecule has 1 aromatic heterocycles. The van der Waals surface area contributed by atoms with Gasteiger partial charge in [0.15, 0.2) is 0 Å². The number of H-pyrrole nitrogens is 1. The van der Waals surface area contributed by atoms with Crippen LogP contribution in [0.3, 0.4) is 0 Å². The van der Waals surface area contributed by atoms with Crippen molar-refractivity contribution in [3.63, 3.8) is 0 Å². The SMILES string of the molecule is CN1CCC(c2c[nH]c3ccc(OSc4ccccc4F)cc23)CC1. The van der Waals surface area contributed by atoms with E-state index in [0.29, 0.717) is 10.8 Å². The predicted octanol–water partition coefficient (Wildman–Crippen LogP) is 5.20. The lowest BCUT2D eigenvalue weighted by Crippen LogP contribution is -2.29. The second-order valence-corrected chi connectivity index (χ2v) is 7.40. The van der Waals surface area contributed by atoms with Gasteiger partial charge in [-0.3, -0.25) is 0 Å². The van der Waals surface area contributed by atoms with Gasteiger partial charge < -0.3 is 14.1 Å². The minimum atomic E-state index is -0.262. The van der Waals surface area contributed by atoms with E-state index in [4.69, 9.17) is 4.18 Å². The summed E-state index contributed by atoms with van der Waals surface area (Å²) in [5.41, 5.74) is 2.49. The highest BCUT2D eigenvalue weighted by atomic mass is 32.2. The molecule has 1 aliphatic heterocycles. The molecule has 0 aliphatic carbocycles. The zero-order valence-corrected chi connectivity index (χ0v) is 15.0. The van der Waals surface area contributed by atoms with E-state index in [-0.39, 0.29) is 5.82 Å². The van der Waals surface area contributed by atoms with Gasteiger partial charge in [-0.05, 0) is 74.8 Å². The highest BCUT2D eigenvalue weighted by Crippen LogP contribution is 2.35. The summed E-state index contributed by atoms with van der Waals surface area (Å²) < 4.78 is 19.5. The smallest absolute Gasteiger partial charge is 0.140 e. The number of piperidine rings is 1. The van der Waals surface area contributed by atoms with Crippen molar-refractivity contribution in [2.24, 2.45) is 0 Å². The number of nitrogens with zero attached hydrogens (tertiary/aromatic N) is 1. The zero-order valence-electron chi connectivity index (χ0n) is 14.2. The Hall–Kier alpha value is -1.98. The van der Waals surface area contributed by atoms with Gasteiger partial charge in [-0.2, -0.15) is 0 Å². The fraction of sp³-hybridized carbons (Fsp3) is 0.300. The monoisotopic (exact) mass is 356 g/mol. The number of aromatic nitrogens is 1. The number of nitrogens with one attached hydrogen (secondary N) is 1. The summed E-state index contributed by atoms with van der Waals surface area (Å²) in [5, 5.41) is 1.21.